The van der Waals surface area contributed by atoms with Gasteiger partial charge in [0.2, 0.25) is 0 Å². The van der Waals surface area contributed by atoms with E-state index in [1.165, 1.54) is 6.92 Å². The van der Waals surface area contributed by atoms with Gasteiger partial charge in [0, 0.05) is 11.8 Å². The van der Waals surface area contributed by atoms with Gasteiger partial charge >= 0.3 is 5.97 Å². The van der Waals surface area contributed by atoms with Crippen molar-refractivity contribution in [3.05, 3.63) is 41.3 Å². The Bertz CT molecular complexity index is 481. The summed E-state index contributed by atoms with van der Waals surface area (Å²) in [4.78, 5) is 24.4. The van der Waals surface area contributed by atoms with E-state index < -0.39 is 6.10 Å². The second-order valence-electron chi connectivity index (χ2n) is 4.46. The van der Waals surface area contributed by atoms with E-state index in [9.17, 15) is 9.59 Å². The summed E-state index contributed by atoms with van der Waals surface area (Å²) >= 11 is 1.66. The average Bonchev–Trinajstić information content (AvgIpc) is 2.39. The van der Waals surface area contributed by atoms with Gasteiger partial charge in [-0.15, -0.1) is 0 Å². The fourth-order valence-electron chi connectivity index (χ4n) is 2.05. The van der Waals surface area contributed by atoms with E-state index in [1.807, 2.05) is 36.4 Å². The number of aldehydes is 1. The second-order valence-corrected chi connectivity index (χ2v) is 5.66. The molecule has 0 aromatic heterocycles. The van der Waals surface area contributed by atoms with Crippen molar-refractivity contribution in [3.63, 3.8) is 0 Å². The van der Waals surface area contributed by atoms with Crippen molar-refractivity contribution in [2.75, 3.05) is 0 Å². The van der Waals surface area contributed by atoms with Crippen molar-refractivity contribution in [2.45, 2.75) is 30.8 Å². The average molecular weight is 276 g/mol. The molecule has 1 aromatic carbocycles. The SMILES string of the molecule is CC(=O)O[C@H]1C=C(Sc2ccccc2)CC[C@H]1C=O. The summed E-state index contributed by atoms with van der Waals surface area (Å²) in [6.45, 7) is 1.37. The smallest absolute Gasteiger partial charge is 0.303 e. The highest BCUT2D eigenvalue weighted by Crippen LogP contribution is 2.35. The summed E-state index contributed by atoms with van der Waals surface area (Å²) in [5.41, 5.74) is 0. The normalized spacial score (nSPS) is 22.5. The van der Waals surface area contributed by atoms with Gasteiger partial charge in [-0.1, -0.05) is 30.0 Å². The summed E-state index contributed by atoms with van der Waals surface area (Å²) in [5, 5.41) is 0. The third-order valence-corrected chi connectivity index (χ3v) is 4.08. The summed E-state index contributed by atoms with van der Waals surface area (Å²) in [5.74, 6) is -0.567. The number of ether oxygens (including phenoxy) is 1. The first-order valence-electron chi connectivity index (χ1n) is 6.25. The number of rotatable bonds is 4. The monoisotopic (exact) mass is 276 g/mol. The van der Waals surface area contributed by atoms with Gasteiger partial charge in [-0.25, -0.2) is 0 Å². The van der Waals surface area contributed by atoms with E-state index in [0.717, 1.165) is 28.9 Å². The molecular formula is C15H16O3S. The van der Waals surface area contributed by atoms with Gasteiger partial charge in [0.05, 0.1) is 5.92 Å². The van der Waals surface area contributed by atoms with Crippen LogP contribution in [0.25, 0.3) is 0 Å². The molecule has 4 heteroatoms. The number of thioether (sulfide) groups is 1. The minimum Gasteiger partial charge on any atom is -0.458 e. The van der Waals surface area contributed by atoms with Gasteiger partial charge in [0.1, 0.15) is 12.4 Å². The molecule has 0 spiro atoms. The third kappa shape index (κ3) is 3.96. The Morgan fingerprint density at radius 1 is 1.37 bits per heavy atom. The van der Waals surface area contributed by atoms with Crippen LogP contribution in [0.5, 0.6) is 0 Å². The number of esters is 1. The van der Waals surface area contributed by atoms with Crippen molar-refractivity contribution in [1.29, 1.82) is 0 Å². The molecular weight excluding hydrogens is 260 g/mol. The van der Waals surface area contributed by atoms with E-state index >= 15 is 0 Å². The lowest BCUT2D eigenvalue weighted by Gasteiger charge is -2.25. The van der Waals surface area contributed by atoms with Crippen LogP contribution in [0.4, 0.5) is 0 Å². The molecule has 0 aliphatic heterocycles. The van der Waals surface area contributed by atoms with Gasteiger partial charge in [0.25, 0.3) is 0 Å². The van der Waals surface area contributed by atoms with Crippen molar-refractivity contribution in [2.24, 2.45) is 5.92 Å². The molecule has 0 fully saturated rings. The van der Waals surface area contributed by atoms with Crippen LogP contribution in [0.3, 0.4) is 0 Å². The zero-order valence-corrected chi connectivity index (χ0v) is 11.6. The fraction of sp³-hybridized carbons (Fsp3) is 0.333. The predicted molar refractivity (Wildman–Crippen MR) is 74.7 cm³/mol. The maximum absolute atomic E-state index is 11.1. The summed E-state index contributed by atoms with van der Waals surface area (Å²) in [7, 11) is 0. The Labute approximate surface area is 117 Å². The summed E-state index contributed by atoms with van der Waals surface area (Å²) in [6, 6.07) is 10.0. The molecule has 0 unspecified atom stereocenters. The van der Waals surface area contributed by atoms with Crippen molar-refractivity contribution < 1.29 is 14.3 Å². The van der Waals surface area contributed by atoms with Crippen molar-refractivity contribution >= 4 is 24.0 Å². The number of hydrogen-bond acceptors (Lipinski definition) is 4. The zero-order chi connectivity index (χ0) is 13.7. The highest BCUT2D eigenvalue weighted by atomic mass is 32.2. The highest BCUT2D eigenvalue weighted by molar-refractivity contribution is 8.03. The molecule has 0 heterocycles. The first kappa shape index (κ1) is 13.9. The Kier molecular flexibility index (Phi) is 4.80. The topological polar surface area (TPSA) is 43.4 Å². The van der Waals surface area contributed by atoms with Gasteiger partial charge in [-0.3, -0.25) is 4.79 Å². The van der Waals surface area contributed by atoms with E-state index in [2.05, 4.69) is 0 Å². The molecule has 0 saturated carbocycles. The van der Waals surface area contributed by atoms with Crippen LogP contribution in [0, 0.1) is 5.92 Å². The van der Waals surface area contributed by atoms with Crippen molar-refractivity contribution in [1.82, 2.24) is 0 Å². The maximum Gasteiger partial charge on any atom is 0.303 e. The lowest BCUT2D eigenvalue weighted by Crippen LogP contribution is -2.28. The number of allylic oxidation sites excluding steroid dienone is 1. The van der Waals surface area contributed by atoms with Crippen LogP contribution < -0.4 is 0 Å². The summed E-state index contributed by atoms with van der Waals surface area (Å²) < 4.78 is 5.20. The zero-order valence-electron chi connectivity index (χ0n) is 10.7. The molecule has 0 saturated heterocycles. The molecule has 19 heavy (non-hydrogen) atoms. The predicted octanol–water partition coefficient (Wildman–Crippen LogP) is 3.20. The van der Waals surface area contributed by atoms with Crippen LogP contribution in [0.15, 0.2) is 46.2 Å². The minimum atomic E-state index is -0.421. The van der Waals surface area contributed by atoms with E-state index in [4.69, 9.17) is 4.74 Å². The number of hydrogen-bond donors (Lipinski definition) is 0. The van der Waals surface area contributed by atoms with Crippen LogP contribution in [0.2, 0.25) is 0 Å². The Balaban J connectivity index is 2.10. The molecule has 1 aliphatic rings. The number of carbonyl (C=O) groups is 2. The molecule has 1 aliphatic carbocycles. The number of benzene rings is 1. The number of carbonyl (C=O) groups excluding carboxylic acids is 2. The Hall–Kier alpha value is -1.55. The van der Waals surface area contributed by atoms with Crippen LogP contribution in [0.1, 0.15) is 19.8 Å². The minimum absolute atomic E-state index is 0.218. The Morgan fingerprint density at radius 2 is 2.11 bits per heavy atom. The third-order valence-electron chi connectivity index (χ3n) is 2.97. The van der Waals surface area contributed by atoms with Crippen molar-refractivity contribution in [3.8, 4) is 0 Å². The van der Waals surface area contributed by atoms with Crippen LogP contribution >= 0.6 is 11.8 Å². The first-order valence-corrected chi connectivity index (χ1v) is 7.07. The van der Waals surface area contributed by atoms with Crippen LogP contribution in [-0.2, 0) is 14.3 Å². The lowest BCUT2D eigenvalue weighted by atomic mass is 9.93. The Morgan fingerprint density at radius 3 is 2.74 bits per heavy atom. The maximum atomic E-state index is 11.1. The molecule has 0 radical (unpaired) electrons. The van der Waals surface area contributed by atoms with E-state index in [1.54, 1.807) is 11.8 Å². The first-order chi connectivity index (χ1) is 9.19. The van der Waals surface area contributed by atoms with Crippen LogP contribution in [-0.4, -0.2) is 18.4 Å². The van der Waals surface area contributed by atoms with Gasteiger partial charge in [-0.2, -0.15) is 0 Å². The molecule has 2 rings (SSSR count). The standard InChI is InChI=1S/C15H16O3S/c1-11(17)18-15-9-14(8-7-12(15)10-16)19-13-5-3-2-4-6-13/h2-6,9-10,12,15H,7-8H2,1H3/t12-,15-/m0/s1. The second kappa shape index (κ2) is 6.57. The fourth-order valence-corrected chi connectivity index (χ4v) is 3.06. The molecule has 0 N–H and O–H groups in total. The molecule has 1 aromatic rings. The highest BCUT2D eigenvalue weighted by Gasteiger charge is 2.27. The summed E-state index contributed by atoms with van der Waals surface area (Å²) in [6.07, 6.45) is 3.94. The quantitative estimate of drug-likeness (QED) is 0.625. The van der Waals surface area contributed by atoms with E-state index in [-0.39, 0.29) is 11.9 Å². The van der Waals surface area contributed by atoms with Gasteiger partial charge in [-0.05, 0) is 36.0 Å². The molecule has 3 nitrogen and oxygen atoms in total. The lowest BCUT2D eigenvalue weighted by molar-refractivity contribution is -0.147. The van der Waals surface area contributed by atoms with E-state index in [0.29, 0.717) is 0 Å². The molecule has 0 bridgehead atoms. The molecule has 0 amide bonds. The largest absolute Gasteiger partial charge is 0.458 e. The van der Waals surface area contributed by atoms with Gasteiger partial charge in [0.15, 0.2) is 0 Å². The van der Waals surface area contributed by atoms with Gasteiger partial charge < -0.3 is 9.53 Å². The molecule has 100 valence electrons. The molecule has 2 atom stereocenters.